The van der Waals surface area contributed by atoms with Gasteiger partial charge in [-0.2, -0.15) is 0 Å². The maximum atomic E-state index is 12.7. The number of rotatable bonds is 41. The van der Waals surface area contributed by atoms with Crippen molar-refractivity contribution in [1.82, 2.24) is 0 Å². The van der Waals surface area contributed by atoms with Crippen molar-refractivity contribution in [2.45, 2.75) is 212 Å². The topological polar surface area (TPSA) is 108 Å². The molecule has 0 aliphatic rings. The molecule has 0 aromatic carbocycles. The van der Waals surface area contributed by atoms with Gasteiger partial charge in [0.2, 0.25) is 0 Å². The van der Waals surface area contributed by atoms with Crippen LogP contribution in [0.3, 0.4) is 0 Å². The molecule has 0 bridgehead atoms. The van der Waals surface area contributed by atoms with Crippen molar-refractivity contribution < 1.29 is 42.9 Å². The fourth-order valence-electron chi connectivity index (χ4n) is 6.24. The molecule has 9 heteroatoms. The van der Waals surface area contributed by atoms with Crippen LogP contribution >= 0.6 is 0 Å². The van der Waals surface area contributed by atoms with Gasteiger partial charge in [-0.15, -0.1) is 0 Å². The molecule has 0 fully saturated rings. The number of quaternary nitrogens is 1. The summed E-state index contributed by atoms with van der Waals surface area (Å²) in [6.07, 6.45) is 35.5. The molecule has 0 saturated carbocycles. The lowest BCUT2D eigenvalue weighted by atomic mass is 10.0. The van der Waals surface area contributed by atoms with Crippen molar-refractivity contribution in [3.63, 3.8) is 0 Å². The van der Waals surface area contributed by atoms with Gasteiger partial charge >= 0.3 is 17.9 Å². The third kappa shape index (κ3) is 38.3. The molecule has 0 aliphatic heterocycles. The van der Waals surface area contributed by atoms with Gasteiger partial charge in [-0.1, -0.05) is 161 Å². The van der Waals surface area contributed by atoms with Gasteiger partial charge in [0.15, 0.2) is 6.10 Å². The summed E-state index contributed by atoms with van der Waals surface area (Å²) in [7, 11) is 5.95. The van der Waals surface area contributed by atoms with Gasteiger partial charge in [0.1, 0.15) is 13.2 Å². The highest BCUT2D eigenvalue weighted by molar-refractivity contribution is 5.71. The maximum absolute atomic E-state index is 12.7. The Hall–Kier alpha value is -1.97. The monoisotopic (exact) mass is 769 g/mol. The van der Waals surface area contributed by atoms with Crippen LogP contribution in [0.1, 0.15) is 200 Å². The lowest BCUT2D eigenvalue weighted by molar-refractivity contribution is -0.870. The quantitative estimate of drug-likeness (QED) is 0.0215. The van der Waals surface area contributed by atoms with Gasteiger partial charge in [0.05, 0.1) is 34.4 Å². The Labute approximate surface area is 332 Å². The number of carboxylic acid groups (broad SMARTS) is 1. The van der Waals surface area contributed by atoms with Crippen LogP contribution in [0.25, 0.3) is 0 Å². The van der Waals surface area contributed by atoms with Crippen LogP contribution in [0.4, 0.5) is 0 Å². The molecule has 0 heterocycles. The van der Waals surface area contributed by atoms with Crippen molar-refractivity contribution in [1.29, 1.82) is 0 Å². The number of nitrogens with zero attached hydrogens (tertiary/aromatic N) is 1. The first-order chi connectivity index (χ1) is 26.1. The lowest BCUT2D eigenvalue weighted by Gasteiger charge is -2.25. The van der Waals surface area contributed by atoms with Gasteiger partial charge in [-0.05, 0) is 38.5 Å². The molecule has 0 aromatic rings. The van der Waals surface area contributed by atoms with Gasteiger partial charge < -0.3 is 28.5 Å². The van der Waals surface area contributed by atoms with Crippen molar-refractivity contribution in [2.24, 2.45) is 0 Å². The van der Waals surface area contributed by atoms with E-state index in [-0.39, 0.29) is 32.2 Å². The van der Waals surface area contributed by atoms with Crippen LogP contribution in [-0.4, -0.2) is 87.4 Å². The second-order valence-corrected chi connectivity index (χ2v) is 16.4. The highest BCUT2D eigenvalue weighted by Gasteiger charge is 2.25. The molecule has 0 saturated heterocycles. The molecule has 54 heavy (non-hydrogen) atoms. The molecule has 0 spiro atoms. The zero-order chi connectivity index (χ0) is 40.0. The molecule has 9 nitrogen and oxygen atoms in total. The molecule has 0 rings (SSSR count). The fraction of sp³-hybridized carbons (Fsp3) is 0.889. The summed E-state index contributed by atoms with van der Waals surface area (Å²) in [6, 6.07) is 0. The first-order valence-electron chi connectivity index (χ1n) is 22.4. The van der Waals surface area contributed by atoms with Crippen LogP contribution in [0.5, 0.6) is 0 Å². The van der Waals surface area contributed by atoms with Crippen LogP contribution in [0.2, 0.25) is 0 Å². The second kappa shape index (κ2) is 37.9. The normalized spacial score (nSPS) is 13.0. The molecule has 0 amide bonds. The largest absolute Gasteiger partial charge is 0.477 e. The number of esters is 2. The summed E-state index contributed by atoms with van der Waals surface area (Å²) in [5.41, 5.74) is 0. The van der Waals surface area contributed by atoms with Gasteiger partial charge in [-0.3, -0.25) is 9.59 Å². The zero-order valence-electron chi connectivity index (χ0n) is 35.9. The molecule has 1 N–H and O–H groups in total. The first-order valence-corrected chi connectivity index (χ1v) is 22.4. The predicted molar refractivity (Wildman–Crippen MR) is 221 cm³/mol. The van der Waals surface area contributed by atoms with E-state index in [1.54, 1.807) is 0 Å². The first kappa shape index (κ1) is 52.0. The Bertz CT molecular complexity index is 903. The van der Waals surface area contributed by atoms with Crippen molar-refractivity contribution in [3.8, 4) is 0 Å². The smallest absolute Gasteiger partial charge is 0.361 e. The van der Waals surface area contributed by atoms with Crippen LogP contribution in [0, 0.1) is 0 Å². The van der Waals surface area contributed by atoms with E-state index in [0.717, 1.165) is 51.4 Å². The van der Waals surface area contributed by atoms with Gasteiger partial charge in [0, 0.05) is 12.8 Å². The minimum absolute atomic E-state index is 0.180. The number of ether oxygens (including phenoxy) is 4. The van der Waals surface area contributed by atoms with Crippen LogP contribution < -0.4 is 0 Å². The van der Waals surface area contributed by atoms with Crippen molar-refractivity contribution >= 4 is 17.9 Å². The number of hydrogen-bond acceptors (Lipinski definition) is 7. The molecule has 0 radical (unpaired) electrons. The molecule has 2 atom stereocenters. The number of allylic oxidation sites excluding steroid dienone is 2. The van der Waals surface area contributed by atoms with Gasteiger partial charge in [-0.25, -0.2) is 4.79 Å². The maximum Gasteiger partial charge on any atom is 0.361 e. The number of hydrogen-bond donors (Lipinski definition) is 1. The minimum Gasteiger partial charge on any atom is -0.477 e. The number of unbranched alkanes of at least 4 members (excludes halogenated alkanes) is 24. The Morgan fingerprint density at radius 1 is 0.537 bits per heavy atom. The van der Waals surface area contributed by atoms with Gasteiger partial charge in [0.25, 0.3) is 6.29 Å². The summed E-state index contributed by atoms with van der Waals surface area (Å²) in [6.45, 7) is 4.87. The van der Waals surface area contributed by atoms with E-state index in [1.807, 2.05) is 21.1 Å². The highest BCUT2D eigenvalue weighted by atomic mass is 16.7. The third-order valence-electron chi connectivity index (χ3n) is 9.77. The lowest BCUT2D eigenvalue weighted by Crippen LogP contribution is -2.40. The highest BCUT2D eigenvalue weighted by Crippen LogP contribution is 2.15. The van der Waals surface area contributed by atoms with E-state index in [1.165, 1.54) is 116 Å². The Morgan fingerprint density at radius 2 is 0.944 bits per heavy atom. The van der Waals surface area contributed by atoms with Crippen molar-refractivity contribution in [3.05, 3.63) is 12.2 Å². The zero-order valence-corrected chi connectivity index (χ0v) is 35.9. The predicted octanol–water partition coefficient (Wildman–Crippen LogP) is 11.5. The number of carbonyl (C=O) groups is 3. The van der Waals surface area contributed by atoms with Crippen LogP contribution in [0.15, 0.2) is 12.2 Å². The number of aliphatic carboxylic acids is 1. The number of likely N-dealkylation sites (N-methyl/N-ethyl adjacent to an activating group) is 1. The third-order valence-corrected chi connectivity index (χ3v) is 9.77. The summed E-state index contributed by atoms with van der Waals surface area (Å²) < 4.78 is 22.7. The second-order valence-electron chi connectivity index (χ2n) is 16.4. The Kier molecular flexibility index (Phi) is 36.5. The molecule has 0 aromatic heterocycles. The van der Waals surface area contributed by atoms with E-state index in [9.17, 15) is 19.5 Å². The van der Waals surface area contributed by atoms with Crippen molar-refractivity contribution in [2.75, 3.05) is 47.5 Å². The number of carboxylic acids is 1. The minimum atomic E-state index is -1.51. The molecular formula is C45H86NO8+. The van der Waals surface area contributed by atoms with E-state index < -0.39 is 24.3 Å². The summed E-state index contributed by atoms with van der Waals surface area (Å²) in [5, 5.41) is 9.62. The van der Waals surface area contributed by atoms with E-state index in [0.29, 0.717) is 23.9 Å². The van der Waals surface area contributed by atoms with E-state index in [2.05, 4.69) is 26.0 Å². The fourth-order valence-corrected chi connectivity index (χ4v) is 6.24. The number of carbonyl (C=O) groups excluding carboxylic acids is 2. The standard InChI is InChI=1S/C45H85NO8/c1-6-8-10-12-14-16-18-20-22-24-25-27-29-31-33-35-42(47)52-39-41(40-53-45(44(49)50)51-38-37-46(3,4)5)54-43(48)36-34-32-30-28-26-23-21-19-17-15-13-11-9-7-2/h19,21,41,45H,6-18,20,22-40H2,1-5H3/p+1/b21-19-. The van der Waals surface area contributed by atoms with Crippen LogP contribution in [-0.2, 0) is 33.3 Å². The summed E-state index contributed by atoms with van der Waals surface area (Å²) in [5.74, 6) is -2.01. The SMILES string of the molecule is CCCCCCC/C=C\CCCCCCCC(=O)OC(COC(=O)CCCCCCCCCCCCCCCCC)COC(OCC[N+](C)(C)C)C(=O)O. The Balaban J connectivity index is 4.43. The average molecular weight is 769 g/mol. The average Bonchev–Trinajstić information content (AvgIpc) is 3.12. The van der Waals surface area contributed by atoms with E-state index in [4.69, 9.17) is 18.9 Å². The molecule has 2 unspecified atom stereocenters. The molecular weight excluding hydrogens is 682 g/mol. The summed E-state index contributed by atoms with van der Waals surface area (Å²) in [4.78, 5) is 37.1. The Morgan fingerprint density at radius 3 is 1.37 bits per heavy atom. The van der Waals surface area contributed by atoms with E-state index >= 15 is 0 Å². The summed E-state index contributed by atoms with van der Waals surface area (Å²) >= 11 is 0. The molecule has 0 aliphatic carbocycles. The molecule has 318 valence electrons.